The molecule has 3 nitrogen and oxygen atoms in total. The van der Waals surface area contributed by atoms with E-state index < -0.39 is 0 Å². The summed E-state index contributed by atoms with van der Waals surface area (Å²) < 4.78 is 0. The Hall–Kier alpha value is -2.81. The number of hydrogen-bond acceptors (Lipinski definition) is 3. The molecule has 0 saturated carbocycles. The number of hydrogen-bond donors (Lipinski definition) is 2. The molecule has 40 heavy (non-hydrogen) atoms. The van der Waals surface area contributed by atoms with Crippen molar-refractivity contribution in [1.29, 1.82) is 0 Å². The average Bonchev–Trinajstić information content (AvgIpc) is 2.95. The SMILES string of the molecule is CCC/C=C(C)/C=C(\C/C(C)=C\C=C(\C)CC)NCCCCCCCCNc1cc(CC)nc2ccc(C)cc12. The van der Waals surface area contributed by atoms with Gasteiger partial charge in [-0.05, 0) is 84.1 Å². The second kappa shape index (κ2) is 19.3. The summed E-state index contributed by atoms with van der Waals surface area (Å²) in [5.74, 6) is 0. The minimum atomic E-state index is 0.964. The lowest BCUT2D eigenvalue weighted by Crippen LogP contribution is -2.15. The van der Waals surface area contributed by atoms with Gasteiger partial charge in [0, 0.05) is 42.0 Å². The van der Waals surface area contributed by atoms with Crippen molar-refractivity contribution in [2.75, 3.05) is 18.4 Å². The Morgan fingerprint density at radius 1 is 0.850 bits per heavy atom. The molecule has 0 aliphatic rings. The second-order valence-electron chi connectivity index (χ2n) is 11.5. The molecule has 0 saturated heterocycles. The van der Waals surface area contributed by atoms with Gasteiger partial charge in [-0.1, -0.05) is 99.5 Å². The molecule has 0 fully saturated rings. The van der Waals surface area contributed by atoms with Gasteiger partial charge in [0.2, 0.25) is 0 Å². The summed E-state index contributed by atoms with van der Waals surface area (Å²) in [5.41, 5.74) is 10.3. The summed E-state index contributed by atoms with van der Waals surface area (Å²) in [6.45, 7) is 17.5. The Balaban J connectivity index is 1.73. The fourth-order valence-electron chi connectivity index (χ4n) is 4.78. The Morgan fingerprint density at radius 2 is 1.55 bits per heavy atom. The molecule has 1 heterocycles. The molecule has 3 heteroatoms. The van der Waals surface area contributed by atoms with E-state index in [9.17, 15) is 0 Å². The van der Waals surface area contributed by atoms with Crippen molar-refractivity contribution in [1.82, 2.24) is 10.3 Å². The first-order valence-electron chi connectivity index (χ1n) is 15.9. The van der Waals surface area contributed by atoms with Gasteiger partial charge in [-0.2, -0.15) is 0 Å². The molecule has 0 spiro atoms. The van der Waals surface area contributed by atoms with E-state index in [-0.39, 0.29) is 0 Å². The molecule has 2 rings (SSSR count). The lowest BCUT2D eigenvalue weighted by Gasteiger charge is -2.13. The number of allylic oxidation sites excluding steroid dienone is 7. The summed E-state index contributed by atoms with van der Waals surface area (Å²) in [4.78, 5) is 4.80. The molecule has 0 atom stereocenters. The molecule has 0 radical (unpaired) electrons. The van der Waals surface area contributed by atoms with E-state index in [1.165, 1.54) is 84.0 Å². The smallest absolute Gasteiger partial charge is 0.0726 e. The van der Waals surface area contributed by atoms with Gasteiger partial charge in [-0.3, -0.25) is 4.98 Å². The predicted molar refractivity (Wildman–Crippen MR) is 179 cm³/mol. The number of benzene rings is 1. The molecule has 2 N–H and O–H groups in total. The van der Waals surface area contributed by atoms with Crippen LogP contribution in [0.25, 0.3) is 10.9 Å². The van der Waals surface area contributed by atoms with Crippen molar-refractivity contribution < 1.29 is 0 Å². The highest BCUT2D eigenvalue weighted by atomic mass is 14.9. The molecule has 0 bridgehead atoms. The van der Waals surface area contributed by atoms with Gasteiger partial charge in [0.25, 0.3) is 0 Å². The van der Waals surface area contributed by atoms with Crippen molar-refractivity contribution >= 4 is 16.6 Å². The molecule has 0 unspecified atom stereocenters. The van der Waals surface area contributed by atoms with Crippen molar-refractivity contribution in [2.24, 2.45) is 0 Å². The molecule has 0 aliphatic heterocycles. The minimum absolute atomic E-state index is 0.964. The summed E-state index contributed by atoms with van der Waals surface area (Å²) in [5, 5.41) is 8.71. The quantitative estimate of drug-likeness (QED) is 0.137. The van der Waals surface area contributed by atoms with Crippen molar-refractivity contribution in [3.63, 3.8) is 0 Å². The summed E-state index contributed by atoms with van der Waals surface area (Å²) in [6, 6.07) is 8.79. The van der Waals surface area contributed by atoms with E-state index >= 15 is 0 Å². The third kappa shape index (κ3) is 13.0. The van der Waals surface area contributed by atoms with Gasteiger partial charge < -0.3 is 10.6 Å². The Bertz CT molecular complexity index is 1150. The van der Waals surface area contributed by atoms with Gasteiger partial charge in [0.05, 0.1) is 5.52 Å². The summed E-state index contributed by atoms with van der Waals surface area (Å²) in [7, 11) is 0. The summed E-state index contributed by atoms with van der Waals surface area (Å²) in [6.07, 6.45) is 22.3. The Labute approximate surface area is 246 Å². The van der Waals surface area contributed by atoms with Crippen LogP contribution in [0.15, 0.2) is 71.0 Å². The van der Waals surface area contributed by atoms with Crippen LogP contribution in [0.1, 0.15) is 117 Å². The van der Waals surface area contributed by atoms with Gasteiger partial charge in [-0.25, -0.2) is 0 Å². The van der Waals surface area contributed by atoms with E-state index in [2.05, 4.69) is 108 Å². The highest BCUT2D eigenvalue weighted by molar-refractivity contribution is 5.92. The van der Waals surface area contributed by atoms with Crippen LogP contribution in [-0.2, 0) is 6.42 Å². The van der Waals surface area contributed by atoms with E-state index in [0.717, 1.165) is 50.0 Å². The first kappa shape index (κ1) is 33.4. The zero-order valence-electron chi connectivity index (χ0n) is 26.8. The van der Waals surface area contributed by atoms with Crippen molar-refractivity contribution in [3.05, 3.63) is 82.2 Å². The van der Waals surface area contributed by atoms with Crippen LogP contribution in [0, 0.1) is 6.92 Å². The third-order valence-electron chi connectivity index (χ3n) is 7.49. The fraction of sp³-hybridized carbons (Fsp3) is 0.541. The maximum Gasteiger partial charge on any atom is 0.0726 e. The van der Waals surface area contributed by atoms with Crippen LogP contribution in [0.5, 0.6) is 0 Å². The fourth-order valence-corrected chi connectivity index (χ4v) is 4.78. The first-order valence-corrected chi connectivity index (χ1v) is 15.9. The lowest BCUT2D eigenvalue weighted by atomic mass is 10.1. The van der Waals surface area contributed by atoms with Gasteiger partial charge in [0.15, 0.2) is 0 Å². The molecule has 0 amide bonds. The number of nitrogens with one attached hydrogen (secondary N) is 2. The maximum absolute atomic E-state index is 4.80. The number of aryl methyl sites for hydroxylation is 2. The highest BCUT2D eigenvalue weighted by Gasteiger charge is 2.06. The predicted octanol–water partition coefficient (Wildman–Crippen LogP) is 10.8. The van der Waals surface area contributed by atoms with Crippen LogP contribution in [0.4, 0.5) is 5.69 Å². The number of fused-ring (bicyclic) bond motifs is 1. The third-order valence-corrected chi connectivity index (χ3v) is 7.49. The average molecular weight is 544 g/mol. The number of nitrogens with zero attached hydrogens (tertiary/aromatic N) is 1. The number of unbranched alkanes of at least 4 members (excludes halogenated alkanes) is 6. The molecular weight excluding hydrogens is 486 g/mol. The van der Waals surface area contributed by atoms with Crippen LogP contribution in [0.2, 0.25) is 0 Å². The van der Waals surface area contributed by atoms with Crippen molar-refractivity contribution in [3.8, 4) is 0 Å². The topological polar surface area (TPSA) is 37.0 Å². The van der Waals surface area contributed by atoms with E-state index in [1.807, 2.05) is 0 Å². The Morgan fingerprint density at radius 3 is 2.25 bits per heavy atom. The monoisotopic (exact) mass is 543 g/mol. The Kier molecular flexibility index (Phi) is 16.1. The van der Waals surface area contributed by atoms with Crippen LogP contribution < -0.4 is 10.6 Å². The normalized spacial score (nSPS) is 13.3. The first-order chi connectivity index (χ1) is 19.4. The van der Waals surface area contributed by atoms with Crippen LogP contribution in [-0.4, -0.2) is 18.1 Å². The zero-order valence-corrected chi connectivity index (χ0v) is 26.8. The van der Waals surface area contributed by atoms with Crippen LogP contribution >= 0.6 is 0 Å². The lowest BCUT2D eigenvalue weighted by molar-refractivity contribution is 0.586. The van der Waals surface area contributed by atoms with E-state index in [1.54, 1.807) is 0 Å². The van der Waals surface area contributed by atoms with Gasteiger partial charge >= 0.3 is 0 Å². The highest BCUT2D eigenvalue weighted by Crippen LogP contribution is 2.25. The number of rotatable bonds is 19. The molecule has 1 aromatic heterocycles. The molecular formula is C37H57N3. The van der Waals surface area contributed by atoms with Gasteiger partial charge in [-0.15, -0.1) is 0 Å². The van der Waals surface area contributed by atoms with Crippen molar-refractivity contribution in [2.45, 2.75) is 119 Å². The molecule has 2 aromatic rings. The number of anilines is 1. The molecule has 220 valence electrons. The number of aromatic nitrogens is 1. The number of pyridine rings is 1. The molecule has 1 aromatic carbocycles. The summed E-state index contributed by atoms with van der Waals surface area (Å²) >= 11 is 0. The molecule has 0 aliphatic carbocycles. The standard InChI is InChI=1S/C37H57N3/c1-8-11-18-30(5)25-34(26-31(6)20-19-29(4)9-2)38-23-16-14-12-13-15-17-24-39-37-28-33(10-3)40-36-22-21-32(7)27-35(36)37/h18-22,25,27-28,38H,8-17,23-24,26H2,1-7H3,(H,39,40)/b29-19-,30-18+,31-20-,34-25+. The van der Waals surface area contributed by atoms with Crippen LogP contribution in [0.3, 0.4) is 0 Å². The minimum Gasteiger partial charge on any atom is -0.388 e. The maximum atomic E-state index is 4.80. The van der Waals surface area contributed by atoms with E-state index in [0.29, 0.717) is 0 Å². The van der Waals surface area contributed by atoms with Gasteiger partial charge in [0.1, 0.15) is 0 Å². The largest absolute Gasteiger partial charge is 0.388 e. The van der Waals surface area contributed by atoms with E-state index in [4.69, 9.17) is 4.98 Å². The zero-order chi connectivity index (χ0) is 29.2. The second-order valence-corrected chi connectivity index (χ2v) is 11.5.